The molecule has 2 heterocycles. The van der Waals surface area contributed by atoms with Crippen molar-refractivity contribution in [2.45, 2.75) is 32.3 Å². The van der Waals surface area contributed by atoms with Gasteiger partial charge in [-0.05, 0) is 43.5 Å². The highest BCUT2D eigenvalue weighted by atomic mass is 16.5. The van der Waals surface area contributed by atoms with E-state index in [1.54, 1.807) is 24.8 Å². The number of hydrogen-bond donors (Lipinski definition) is 2. The van der Waals surface area contributed by atoms with Crippen molar-refractivity contribution < 1.29 is 14.6 Å². The SMILES string of the molecule is CC(C)(O)COc1ccc2c(c1)N(C(=O)Cc1ccc(-c3n[nH]c(=O)c4ccccc34)cc1)CC2. The molecule has 0 bridgehead atoms. The monoisotopic (exact) mass is 469 g/mol. The summed E-state index contributed by atoms with van der Waals surface area (Å²) in [7, 11) is 0. The Morgan fingerprint density at radius 2 is 1.83 bits per heavy atom. The second-order valence-corrected chi connectivity index (χ2v) is 9.51. The van der Waals surface area contributed by atoms with Crippen molar-refractivity contribution in [1.29, 1.82) is 0 Å². The van der Waals surface area contributed by atoms with Gasteiger partial charge in [0.1, 0.15) is 12.4 Å². The average Bonchev–Trinajstić information content (AvgIpc) is 3.27. The third-order valence-corrected chi connectivity index (χ3v) is 6.12. The maximum Gasteiger partial charge on any atom is 0.272 e. The molecule has 0 aliphatic carbocycles. The predicted octanol–water partition coefficient (Wildman–Crippen LogP) is 3.87. The Morgan fingerprint density at radius 3 is 2.57 bits per heavy atom. The second kappa shape index (κ2) is 9.00. The van der Waals surface area contributed by atoms with Gasteiger partial charge in [0.25, 0.3) is 5.56 Å². The van der Waals surface area contributed by atoms with Gasteiger partial charge in [-0.1, -0.05) is 48.5 Å². The van der Waals surface area contributed by atoms with Gasteiger partial charge in [0, 0.05) is 23.6 Å². The summed E-state index contributed by atoms with van der Waals surface area (Å²) < 4.78 is 5.72. The van der Waals surface area contributed by atoms with Gasteiger partial charge in [0.15, 0.2) is 0 Å². The van der Waals surface area contributed by atoms with E-state index in [1.165, 1.54) is 0 Å². The molecule has 0 spiro atoms. The Labute approximate surface area is 203 Å². The summed E-state index contributed by atoms with van der Waals surface area (Å²) in [6, 6.07) is 20.8. The highest BCUT2D eigenvalue weighted by molar-refractivity contribution is 5.97. The van der Waals surface area contributed by atoms with Crippen molar-refractivity contribution in [3.8, 4) is 17.0 Å². The van der Waals surface area contributed by atoms with Crippen molar-refractivity contribution in [1.82, 2.24) is 10.2 Å². The van der Waals surface area contributed by atoms with E-state index in [0.29, 0.717) is 23.4 Å². The second-order valence-electron chi connectivity index (χ2n) is 9.51. The molecule has 0 fully saturated rings. The van der Waals surface area contributed by atoms with Crippen LogP contribution in [0.15, 0.2) is 71.5 Å². The van der Waals surface area contributed by atoms with E-state index < -0.39 is 5.60 Å². The number of carbonyl (C=O) groups excluding carboxylic acids is 1. The van der Waals surface area contributed by atoms with Crippen LogP contribution in [0.25, 0.3) is 22.0 Å². The van der Waals surface area contributed by atoms with Gasteiger partial charge < -0.3 is 14.7 Å². The maximum atomic E-state index is 13.2. The van der Waals surface area contributed by atoms with Gasteiger partial charge in [0.05, 0.1) is 28.8 Å². The number of nitrogens with zero attached hydrogens (tertiary/aromatic N) is 2. The van der Waals surface area contributed by atoms with Crippen LogP contribution in [0.3, 0.4) is 0 Å². The van der Waals surface area contributed by atoms with Crippen LogP contribution in [0.2, 0.25) is 0 Å². The molecule has 0 unspecified atom stereocenters. The fourth-order valence-electron chi connectivity index (χ4n) is 4.35. The lowest BCUT2D eigenvalue weighted by molar-refractivity contribution is -0.117. The van der Waals surface area contributed by atoms with Crippen LogP contribution in [0.5, 0.6) is 5.75 Å². The molecule has 7 heteroatoms. The van der Waals surface area contributed by atoms with Crippen molar-refractivity contribution in [2.75, 3.05) is 18.1 Å². The summed E-state index contributed by atoms with van der Waals surface area (Å²) in [6.45, 7) is 4.19. The van der Waals surface area contributed by atoms with E-state index in [2.05, 4.69) is 10.2 Å². The number of amides is 1. The minimum atomic E-state index is -0.933. The lowest BCUT2D eigenvalue weighted by Gasteiger charge is -2.20. The lowest BCUT2D eigenvalue weighted by atomic mass is 10.0. The van der Waals surface area contributed by atoms with E-state index in [4.69, 9.17) is 4.74 Å². The highest BCUT2D eigenvalue weighted by Gasteiger charge is 2.25. The summed E-state index contributed by atoms with van der Waals surface area (Å²) in [4.78, 5) is 27.0. The first-order chi connectivity index (χ1) is 16.8. The fourth-order valence-corrected chi connectivity index (χ4v) is 4.35. The van der Waals surface area contributed by atoms with Gasteiger partial charge in [-0.2, -0.15) is 5.10 Å². The predicted molar refractivity (Wildman–Crippen MR) is 136 cm³/mol. The summed E-state index contributed by atoms with van der Waals surface area (Å²) in [6.07, 6.45) is 1.07. The van der Waals surface area contributed by atoms with Crippen LogP contribution < -0.4 is 15.2 Å². The summed E-state index contributed by atoms with van der Waals surface area (Å²) >= 11 is 0. The molecule has 1 aliphatic rings. The van der Waals surface area contributed by atoms with Crippen molar-refractivity contribution >= 4 is 22.4 Å². The molecule has 178 valence electrons. The zero-order valence-electron chi connectivity index (χ0n) is 19.7. The summed E-state index contributed by atoms with van der Waals surface area (Å²) in [5, 5.41) is 18.1. The van der Waals surface area contributed by atoms with Gasteiger partial charge in [0.2, 0.25) is 5.91 Å². The third-order valence-electron chi connectivity index (χ3n) is 6.12. The number of hydrogen-bond acceptors (Lipinski definition) is 5. The Kier molecular flexibility index (Phi) is 5.86. The van der Waals surface area contributed by atoms with Gasteiger partial charge >= 0.3 is 0 Å². The largest absolute Gasteiger partial charge is 0.491 e. The van der Waals surface area contributed by atoms with Gasteiger partial charge in [-0.25, -0.2) is 5.10 Å². The molecular weight excluding hydrogens is 442 g/mol. The van der Waals surface area contributed by atoms with Crippen LogP contribution in [0.1, 0.15) is 25.0 Å². The molecule has 7 nitrogen and oxygen atoms in total. The topological polar surface area (TPSA) is 95.5 Å². The number of nitrogens with one attached hydrogen (secondary N) is 1. The number of carbonyl (C=O) groups is 1. The third kappa shape index (κ3) is 4.81. The molecule has 1 amide bonds. The smallest absolute Gasteiger partial charge is 0.272 e. The summed E-state index contributed by atoms with van der Waals surface area (Å²) in [5.74, 6) is 0.652. The number of aromatic amines is 1. The van der Waals surface area contributed by atoms with Crippen LogP contribution >= 0.6 is 0 Å². The molecule has 0 saturated heterocycles. The molecule has 1 aliphatic heterocycles. The first-order valence-corrected chi connectivity index (χ1v) is 11.6. The number of H-pyrrole nitrogens is 1. The summed E-state index contributed by atoms with van der Waals surface area (Å²) in [5.41, 5.74) is 3.29. The fraction of sp³-hybridized carbons (Fsp3) is 0.250. The number of fused-ring (bicyclic) bond motifs is 2. The quantitative estimate of drug-likeness (QED) is 0.447. The maximum absolute atomic E-state index is 13.2. The Balaban J connectivity index is 1.33. The van der Waals surface area contributed by atoms with Crippen molar-refractivity contribution in [2.24, 2.45) is 0 Å². The molecule has 4 aromatic rings. The molecule has 2 N–H and O–H groups in total. The van der Waals surface area contributed by atoms with E-state index in [9.17, 15) is 14.7 Å². The van der Waals surface area contributed by atoms with E-state index in [-0.39, 0.29) is 24.5 Å². The van der Waals surface area contributed by atoms with Crippen LogP contribution in [0.4, 0.5) is 5.69 Å². The molecule has 1 aromatic heterocycles. The lowest BCUT2D eigenvalue weighted by Crippen LogP contribution is -2.30. The number of rotatable bonds is 6. The number of anilines is 1. The number of benzene rings is 3. The zero-order valence-corrected chi connectivity index (χ0v) is 19.7. The number of aromatic nitrogens is 2. The van der Waals surface area contributed by atoms with Crippen LogP contribution in [-0.2, 0) is 17.6 Å². The van der Waals surface area contributed by atoms with Crippen molar-refractivity contribution in [3.05, 3.63) is 88.2 Å². The zero-order chi connectivity index (χ0) is 24.6. The standard InChI is InChI=1S/C28H27N3O4/c1-28(2,34)17-35-21-12-11-19-13-14-31(24(19)16-21)25(32)15-18-7-9-20(10-8-18)26-22-5-3-4-6-23(22)27(33)30-29-26/h3-12,16,34H,13-15,17H2,1-2H3,(H,30,33). The molecule has 5 rings (SSSR count). The average molecular weight is 470 g/mol. The van der Waals surface area contributed by atoms with Crippen LogP contribution in [-0.4, -0.2) is 40.0 Å². The Bertz CT molecular complexity index is 1450. The number of aliphatic hydroxyl groups is 1. The van der Waals surface area contributed by atoms with Crippen molar-refractivity contribution in [3.63, 3.8) is 0 Å². The van der Waals surface area contributed by atoms with E-state index >= 15 is 0 Å². The first kappa shape index (κ1) is 22.8. The Hall–Kier alpha value is -3.97. The molecule has 0 atom stereocenters. The molecule has 3 aromatic carbocycles. The number of ether oxygens (including phenoxy) is 1. The molecular formula is C28H27N3O4. The highest BCUT2D eigenvalue weighted by Crippen LogP contribution is 2.33. The normalized spacial score (nSPS) is 13.2. The van der Waals surface area contributed by atoms with Crippen LogP contribution in [0, 0.1) is 0 Å². The minimum absolute atomic E-state index is 0.0174. The first-order valence-electron chi connectivity index (χ1n) is 11.6. The van der Waals surface area contributed by atoms with Gasteiger partial charge in [-0.3, -0.25) is 9.59 Å². The van der Waals surface area contributed by atoms with E-state index in [0.717, 1.165) is 34.2 Å². The minimum Gasteiger partial charge on any atom is -0.491 e. The molecule has 0 radical (unpaired) electrons. The Morgan fingerprint density at radius 1 is 1.09 bits per heavy atom. The van der Waals surface area contributed by atoms with Gasteiger partial charge in [-0.15, -0.1) is 0 Å². The molecule has 0 saturated carbocycles. The van der Waals surface area contributed by atoms with E-state index in [1.807, 2.05) is 60.7 Å². The molecule has 35 heavy (non-hydrogen) atoms.